The van der Waals surface area contributed by atoms with E-state index in [4.69, 9.17) is 10.8 Å². The van der Waals surface area contributed by atoms with Crippen LogP contribution in [0.4, 0.5) is 11.4 Å². The summed E-state index contributed by atoms with van der Waals surface area (Å²) in [5.74, 6) is -1.08. The maximum atomic E-state index is 12.2. The Bertz CT molecular complexity index is 514. The van der Waals surface area contributed by atoms with Crippen molar-refractivity contribution in [2.24, 2.45) is 0 Å². The molecule has 1 aromatic rings. The lowest BCUT2D eigenvalue weighted by Gasteiger charge is -2.26. The second kappa shape index (κ2) is 5.81. The number of carbonyl (C=O) groups is 2. The lowest BCUT2D eigenvalue weighted by Crippen LogP contribution is -2.41. The third kappa shape index (κ3) is 3.40. The maximum Gasteiger partial charge on any atom is 0.323 e. The number of anilines is 2. The number of aliphatic carboxylic acids is 1. The second-order valence-corrected chi connectivity index (χ2v) is 5.04. The number of hydrogen-bond acceptors (Lipinski definition) is 4. The number of rotatable bonds is 6. The zero-order valence-electron chi connectivity index (χ0n) is 11.5. The molecule has 0 unspecified atom stereocenters. The Labute approximate surface area is 117 Å². The van der Waals surface area contributed by atoms with Crippen LogP contribution in [-0.4, -0.2) is 48.1 Å². The molecule has 0 radical (unpaired) electrons. The Balaban J connectivity index is 2.13. The summed E-state index contributed by atoms with van der Waals surface area (Å²) in [6, 6.07) is 7.27. The van der Waals surface area contributed by atoms with Gasteiger partial charge in [-0.1, -0.05) is 12.1 Å². The van der Waals surface area contributed by atoms with Crippen LogP contribution in [-0.2, 0) is 9.59 Å². The molecule has 6 heteroatoms. The summed E-state index contributed by atoms with van der Waals surface area (Å²) in [7, 11) is 1.76. The Hall–Kier alpha value is -2.24. The fourth-order valence-corrected chi connectivity index (χ4v) is 2.11. The number of nitrogens with zero attached hydrogens (tertiary/aromatic N) is 2. The van der Waals surface area contributed by atoms with Gasteiger partial charge < -0.3 is 20.6 Å². The van der Waals surface area contributed by atoms with Crippen LogP contribution in [0, 0.1) is 0 Å². The van der Waals surface area contributed by atoms with Gasteiger partial charge in [0.05, 0.1) is 17.9 Å². The normalized spacial score (nSPS) is 13.8. The molecule has 2 rings (SSSR count). The first kappa shape index (κ1) is 14.2. The molecular weight excluding hydrogens is 258 g/mol. The van der Waals surface area contributed by atoms with Crippen molar-refractivity contribution >= 4 is 23.3 Å². The van der Waals surface area contributed by atoms with Crippen molar-refractivity contribution in [1.29, 1.82) is 0 Å². The van der Waals surface area contributed by atoms with Crippen molar-refractivity contribution in [2.75, 3.05) is 30.8 Å². The van der Waals surface area contributed by atoms with E-state index in [0.717, 1.165) is 12.8 Å². The van der Waals surface area contributed by atoms with Crippen molar-refractivity contribution in [2.45, 2.75) is 18.9 Å². The predicted molar refractivity (Wildman–Crippen MR) is 76.5 cm³/mol. The minimum absolute atomic E-state index is 0.0213. The molecule has 0 aliphatic heterocycles. The monoisotopic (exact) mass is 277 g/mol. The van der Waals surface area contributed by atoms with Gasteiger partial charge in [0.15, 0.2) is 0 Å². The number of nitrogens with two attached hydrogens (primary N) is 1. The van der Waals surface area contributed by atoms with Crippen molar-refractivity contribution in [3.8, 4) is 0 Å². The molecule has 0 atom stereocenters. The van der Waals surface area contributed by atoms with E-state index >= 15 is 0 Å². The highest BCUT2D eigenvalue weighted by molar-refractivity contribution is 5.86. The number of carboxylic acid groups (broad SMARTS) is 1. The van der Waals surface area contributed by atoms with E-state index < -0.39 is 5.97 Å². The van der Waals surface area contributed by atoms with Gasteiger partial charge in [-0.15, -0.1) is 0 Å². The molecule has 0 bridgehead atoms. The highest BCUT2D eigenvalue weighted by atomic mass is 16.4. The minimum atomic E-state index is -0.991. The summed E-state index contributed by atoms with van der Waals surface area (Å²) < 4.78 is 0. The zero-order chi connectivity index (χ0) is 14.7. The summed E-state index contributed by atoms with van der Waals surface area (Å²) in [4.78, 5) is 26.3. The Kier molecular flexibility index (Phi) is 4.12. The van der Waals surface area contributed by atoms with Gasteiger partial charge >= 0.3 is 5.97 Å². The molecular formula is C14H19N3O3. The fourth-order valence-electron chi connectivity index (χ4n) is 2.11. The highest BCUT2D eigenvalue weighted by Gasteiger charge is 2.30. The topological polar surface area (TPSA) is 86.9 Å². The quantitative estimate of drug-likeness (QED) is 0.750. The number of amides is 1. The molecule has 1 saturated carbocycles. The molecule has 6 nitrogen and oxygen atoms in total. The van der Waals surface area contributed by atoms with Gasteiger partial charge in [0.25, 0.3) is 0 Å². The third-order valence-electron chi connectivity index (χ3n) is 3.42. The van der Waals surface area contributed by atoms with E-state index in [2.05, 4.69) is 0 Å². The van der Waals surface area contributed by atoms with Crippen LogP contribution in [0.15, 0.2) is 24.3 Å². The molecule has 20 heavy (non-hydrogen) atoms. The molecule has 1 fully saturated rings. The third-order valence-corrected chi connectivity index (χ3v) is 3.42. The first-order valence-electron chi connectivity index (χ1n) is 6.56. The van der Waals surface area contributed by atoms with E-state index in [0.29, 0.717) is 17.4 Å². The Morgan fingerprint density at radius 1 is 1.30 bits per heavy atom. The minimum Gasteiger partial charge on any atom is -0.480 e. The van der Waals surface area contributed by atoms with Crippen LogP contribution in [0.2, 0.25) is 0 Å². The van der Waals surface area contributed by atoms with Crippen LogP contribution in [0.5, 0.6) is 0 Å². The first-order chi connectivity index (χ1) is 9.49. The average molecular weight is 277 g/mol. The average Bonchev–Trinajstić information content (AvgIpc) is 3.21. The first-order valence-corrected chi connectivity index (χ1v) is 6.56. The SMILES string of the molecule is CN(C(=O)CN(CC(=O)O)c1ccccc1N)C1CC1. The molecule has 108 valence electrons. The fraction of sp³-hybridized carbons (Fsp3) is 0.429. The molecule has 1 aromatic carbocycles. The summed E-state index contributed by atoms with van der Waals surface area (Å²) in [5, 5.41) is 9.00. The smallest absolute Gasteiger partial charge is 0.323 e. The molecule has 1 aliphatic rings. The number of nitrogen functional groups attached to an aromatic ring is 1. The van der Waals surface area contributed by atoms with Crippen molar-refractivity contribution in [3.05, 3.63) is 24.3 Å². The molecule has 0 saturated heterocycles. The van der Waals surface area contributed by atoms with Gasteiger partial charge in [-0.3, -0.25) is 9.59 Å². The molecule has 1 aliphatic carbocycles. The van der Waals surface area contributed by atoms with E-state index in [-0.39, 0.29) is 19.0 Å². The number of carboxylic acids is 1. The van der Waals surface area contributed by atoms with Crippen LogP contribution in [0.25, 0.3) is 0 Å². The van der Waals surface area contributed by atoms with E-state index in [9.17, 15) is 9.59 Å². The van der Waals surface area contributed by atoms with Crippen molar-refractivity contribution < 1.29 is 14.7 Å². The van der Waals surface area contributed by atoms with Gasteiger partial charge in [-0.2, -0.15) is 0 Å². The number of likely N-dealkylation sites (N-methyl/N-ethyl adjacent to an activating group) is 1. The molecule has 0 spiro atoms. The second-order valence-electron chi connectivity index (χ2n) is 5.04. The van der Waals surface area contributed by atoms with Gasteiger partial charge in [-0.25, -0.2) is 0 Å². The maximum absolute atomic E-state index is 12.2. The summed E-state index contributed by atoms with van der Waals surface area (Å²) in [6.07, 6.45) is 2.04. The van der Waals surface area contributed by atoms with E-state index in [1.807, 2.05) is 0 Å². The Morgan fingerprint density at radius 3 is 2.50 bits per heavy atom. The van der Waals surface area contributed by atoms with Crippen LogP contribution in [0.1, 0.15) is 12.8 Å². The lowest BCUT2D eigenvalue weighted by molar-refractivity contribution is -0.135. The van der Waals surface area contributed by atoms with E-state index in [1.54, 1.807) is 36.2 Å². The molecule has 0 heterocycles. The van der Waals surface area contributed by atoms with Crippen LogP contribution >= 0.6 is 0 Å². The predicted octanol–water partition coefficient (Wildman–Crippen LogP) is 0.781. The summed E-state index contributed by atoms with van der Waals surface area (Å²) in [5.41, 5.74) is 6.91. The zero-order valence-corrected chi connectivity index (χ0v) is 11.5. The summed E-state index contributed by atoms with van der Waals surface area (Å²) >= 11 is 0. The van der Waals surface area contributed by atoms with Crippen molar-refractivity contribution in [1.82, 2.24) is 4.90 Å². The molecule has 0 aromatic heterocycles. The van der Waals surface area contributed by atoms with E-state index in [1.165, 1.54) is 4.90 Å². The molecule has 1 amide bonds. The summed E-state index contributed by atoms with van der Waals surface area (Å²) in [6.45, 7) is -0.230. The number of benzene rings is 1. The standard InChI is InChI=1S/C14H19N3O3/c1-16(10-6-7-10)13(18)8-17(9-14(19)20)12-5-3-2-4-11(12)15/h2-5,10H,6-9,15H2,1H3,(H,19,20). The van der Waals surface area contributed by atoms with Gasteiger partial charge in [-0.05, 0) is 25.0 Å². The highest BCUT2D eigenvalue weighted by Crippen LogP contribution is 2.26. The lowest BCUT2D eigenvalue weighted by atomic mass is 10.2. The Morgan fingerprint density at radius 2 is 1.95 bits per heavy atom. The molecule has 3 N–H and O–H groups in total. The van der Waals surface area contributed by atoms with Crippen molar-refractivity contribution in [3.63, 3.8) is 0 Å². The van der Waals surface area contributed by atoms with Gasteiger partial charge in [0.2, 0.25) is 5.91 Å². The van der Waals surface area contributed by atoms with Gasteiger partial charge in [0.1, 0.15) is 6.54 Å². The van der Waals surface area contributed by atoms with Gasteiger partial charge in [0, 0.05) is 13.1 Å². The largest absolute Gasteiger partial charge is 0.480 e. The van der Waals surface area contributed by atoms with Crippen LogP contribution in [0.3, 0.4) is 0 Å². The number of para-hydroxylation sites is 2. The van der Waals surface area contributed by atoms with Crippen LogP contribution < -0.4 is 10.6 Å². The number of hydrogen-bond donors (Lipinski definition) is 2. The number of carbonyl (C=O) groups excluding carboxylic acids is 1.